The van der Waals surface area contributed by atoms with Crippen molar-refractivity contribution in [1.82, 2.24) is 24.9 Å². The quantitative estimate of drug-likeness (QED) is 0.636. The van der Waals surface area contributed by atoms with Crippen molar-refractivity contribution in [2.45, 2.75) is 38.5 Å². The molecule has 1 aromatic carbocycles. The monoisotopic (exact) mass is 413 g/mol. The van der Waals surface area contributed by atoms with E-state index in [1.165, 1.54) is 6.07 Å². The van der Waals surface area contributed by atoms with Crippen LogP contribution in [0.5, 0.6) is 5.88 Å². The lowest BCUT2D eigenvalue weighted by Crippen LogP contribution is -2.27. The second-order valence-electron chi connectivity index (χ2n) is 7.68. The van der Waals surface area contributed by atoms with Crippen LogP contribution in [-0.2, 0) is 11.8 Å². The summed E-state index contributed by atoms with van der Waals surface area (Å²) in [5, 5.41) is 12.9. The Bertz CT molecular complexity index is 1050. The van der Waals surface area contributed by atoms with E-state index in [0.29, 0.717) is 41.4 Å². The van der Waals surface area contributed by atoms with Gasteiger partial charge in [0, 0.05) is 37.2 Å². The maximum atomic E-state index is 15.3. The minimum atomic E-state index is -0.353. The molecule has 3 heterocycles. The average molecular weight is 413 g/mol. The molecule has 1 unspecified atom stereocenters. The van der Waals surface area contributed by atoms with Gasteiger partial charge in [0.15, 0.2) is 6.23 Å². The molecule has 7 nitrogen and oxygen atoms in total. The van der Waals surface area contributed by atoms with E-state index in [9.17, 15) is 0 Å². The largest absolute Gasteiger partial charge is 0.473 e. The summed E-state index contributed by atoms with van der Waals surface area (Å²) in [6, 6.07) is 3.33. The highest BCUT2D eigenvalue weighted by molar-refractivity contribution is 5.91. The number of benzene rings is 1. The molecule has 1 fully saturated rings. The number of hydrogen-bond acceptors (Lipinski definition) is 5. The summed E-state index contributed by atoms with van der Waals surface area (Å²) in [6.45, 7) is 7.20. The fourth-order valence-corrected chi connectivity index (χ4v) is 3.95. The van der Waals surface area contributed by atoms with Crippen LogP contribution in [0.15, 0.2) is 24.9 Å². The smallest absolute Gasteiger partial charge is 0.220 e. The standard InChI is InChI=1S/C22H28FN5O2/c1-5-19-16-10-15(17-13-25-27(4)22(17)30-14(2)12-24-3)18(23)11-20(16)28(26-19)21-8-6-7-9-29-21/h5,10-11,13-14,21,24H,1,6-9,12H2,2-4H3/t14-,21?/m0/s1. The summed E-state index contributed by atoms with van der Waals surface area (Å²) in [6.07, 6.45) is 6.02. The van der Waals surface area contributed by atoms with Crippen LogP contribution in [0.4, 0.5) is 4.39 Å². The van der Waals surface area contributed by atoms with E-state index in [1.807, 2.05) is 14.0 Å². The zero-order chi connectivity index (χ0) is 21.3. The van der Waals surface area contributed by atoms with Gasteiger partial charge in [0.25, 0.3) is 0 Å². The first-order chi connectivity index (χ1) is 14.5. The Balaban J connectivity index is 1.80. The van der Waals surface area contributed by atoms with Gasteiger partial charge >= 0.3 is 0 Å². The second-order valence-corrected chi connectivity index (χ2v) is 7.68. The Morgan fingerprint density at radius 2 is 2.23 bits per heavy atom. The van der Waals surface area contributed by atoms with Crippen LogP contribution in [0.1, 0.15) is 38.1 Å². The highest BCUT2D eigenvalue weighted by Crippen LogP contribution is 2.37. The normalized spacial score (nSPS) is 17.9. The van der Waals surface area contributed by atoms with Gasteiger partial charge in [-0.1, -0.05) is 6.58 Å². The molecule has 3 aromatic rings. The molecule has 0 radical (unpaired) electrons. The topological polar surface area (TPSA) is 66.1 Å². The fourth-order valence-electron chi connectivity index (χ4n) is 3.95. The third-order valence-corrected chi connectivity index (χ3v) is 5.42. The van der Waals surface area contributed by atoms with Crippen molar-refractivity contribution < 1.29 is 13.9 Å². The molecule has 2 aromatic heterocycles. The summed E-state index contributed by atoms with van der Waals surface area (Å²) in [7, 11) is 3.65. The van der Waals surface area contributed by atoms with Crippen molar-refractivity contribution >= 4 is 17.0 Å². The number of halogens is 1. The number of aryl methyl sites for hydroxylation is 1. The second kappa shape index (κ2) is 8.57. The number of hydrogen-bond donors (Lipinski definition) is 1. The van der Waals surface area contributed by atoms with Crippen molar-refractivity contribution in [3.8, 4) is 17.0 Å². The number of rotatable bonds is 7. The summed E-state index contributed by atoms with van der Waals surface area (Å²) in [4.78, 5) is 0. The van der Waals surface area contributed by atoms with Crippen LogP contribution in [-0.4, -0.2) is 45.9 Å². The van der Waals surface area contributed by atoms with Crippen LogP contribution in [0.3, 0.4) is 0 Å². The Hall–Kier alpha value is -2.71. The van der Waals surface area contributed by atoms with E-state index in [1.54, 1.807) is 34.8 Å². The summed E-state index contributed by atoms with van der Waals surface area (Å²) < 4.78 is 30.7. The van der Waals surface area contributed by atoms with Gasteiger partial charge in [-0.2, -0.15) is 10.2 Å². The highest BCUT2D eigenvalue weighted by atomic mass is 19.1. The number of nitrogens with zero attached hydrogens (tertiary/aromatic N) is 4. The number of nitrogens with one attached hydrogen (secondary N) is 1. The van der Waals surface area contributed by atoms with E-state index in [-0.39, 0.29) is 18.1 Å². The zero-order valence-electron chi connectivity index (χ0n) is 17.7. The van der Waals surface area contributed by atoms with Gasteiger partial charge in [0.2, 0.25) is 5.88 Å². The lowest BCUT2D eigenvalue weighted by Gasteiger charge is -2.23. The third kappa shape index (κ3) is 3.73. The van der Waals surface area contributed by atoms with Gasteiger partial charge in [0.1, 0.15) is 11.9 Å². The number of likely N-dealkylation sites (N-methyl/N-ethyl adjacent to an activating group) is 1. The first-order valence-electron chi connectivity index (χ1n) is 10.3. The van der Waals surface area contributed by atoms with E-state index in [2.05, 4.69) is 22.1 Å². The van der Waals surface area contributed by atoms with Crippen molar-refractivity contribution in [2.75, 3.05) is 20.2 Å². The molecule has 4 rings (SSSR count). The average Bonchev–Trinajstić information content (AvgIpc) is 3.28. The van der Waals surface area contributed by atoms with Crippen molar-refractivity contribution in [3.05, 3.63) is 36.4 Å². The maximum Gasteiger partial charge on any atom is 0.220 e. The minimum absolute atomic E-state index is 0.0918. The first kappa shape index (κ1) is 20.6. The lowest BCUT2D eigenvalue weighted by atomic mass is 10.0. The van der Waals surface area contributed by atoms with Gasteiger partial charge in [-0.05, 0) is 45.4 Å². The molecule has 1 aliphatic rings. The molecule has 160 valence electrons. The molecular weight excluding hydrogens is 385 g/mol. The zero-order valence-corrected chi connectivity index (χ0v) is 17.7. The molecule has 2 atom stereocenters. The van der Waals surface area contributed by atoms with Crippen molar-refractivity contribution in [1.29, 1.82) is 0 Å². The minimum Gasteiger partial charge on any atom is -0.473 e. The first-order valence-corrected chi connectivity index (χ1v) is 10.3. The Morgan fingerprint density at radius 1 is 1.40 bits per heavy atom. The van der Waals surface area contributed by atoms with Gasteiger partial charge in [-0.25, -0.2) is 13.8 Å². The Kier molecular flexibility index (Phi) is 5.87. The maximum absolute atomic E-state index is 15.3. The van der Waals surface area contributed by atoms with E-state index in [4.69, 9.17) is 9.47 Å². The molecule has 0 aliphatic carbocycles. The molecule has 30 heavy (non-hydrogen) atoms. The summed E-state index contributed by atoms with van der Waals surface area (Å²) >= 11 is 0. The Morgan fingerprint density at radius 3 is 2.93 bits per heavy atom. The lowest BCUT2D eigenvalue weighted by molar-refractivity contribution is -0.0367. The molecule has 8 heteroatoms. The number of fused-ring (bicyclic) bond motifs is 1. The van der Waals surface area contributed by atoms with Gasteiger partial charge < -0.3 is 14.8 Å². The molecule has 0 amide bonds. The Labute approximate surface area is 175 Å². The molecule has 1 aliphatic heterocycles. The van der Waals surface area contributed by atoms with Crippen LogP contribution < -0.4 is 10.1 Å². The SMILES string of the molecule is C=Cc1nn(C2CCCCO2)c2cc(F)c(-c3cnn(C)c3O[C@@H](C)CNC)cc12. The van der Waals surface area contributed by atoms with Crippen LogP contribution >= 0.6 is 0 Å². The summed E-state index contributed by atoms with van der Waals surface area (Å²) in [5.74, 6) is 0.174. The summed E-state index contributed by atoms with van der Waals surface area (Å²) in [5.41, 5.74) is 2.44. The number of ether oxygens (including phenoxy) is 2. The predicted molar refractivity (Wildman–Crippen MR) is 115 cm³/mol. The van der Waals surface area contributed by atoms with Crippen LogP contribution in [0.2, 0.25) is 0 Å². The van der Waals surface area contributed by atoms with Crippen molar-refractivity contribution in [3.63, 3.8) is 0 Å². The van der Waals surface area contributed by atoms with E-state index in [0.717, 1.165) is 24.6 Å². The fraction of sp³-hybridized carbons (Fsp3) is 0.455. The van der Waals surface area contributed by atoms with E-state index >= 15 is 4.39 Å². The predicted octanol–water partition coefficient (Wildman–Crippen LogP) is 3.90. The van der Waals surface area contributed by atoms with Gasteiger partial charge in [0.05, 0.1) is 23.0 Å². The van der Waals surface area contributed by atoms with Gasteiger partial charge in [-0.3, -0.25) is 0 Å². The molecule has 0 bridgehead atoms. The number of aromatic nitrogens is 4. The van der Waals surface area contributed by atoms with Crippen LogP contribution in [0.25, 0.3) is 28.1 Å². The highest BCUT2D eigenvalue weighted by Gasteiger charge is 2.24. The molecule has 0 spiro atoms. The molecule has 1 saturated heterocycles. The molecular formula is C22H28FN5O2. The van der Waals surface area contributed by atoms with Crippen LogP contribution in [0, 0.1) is 5.82 Å². The third-order valence-electron chi connectivity index (χ3n) is 5.42. The van der Waals surface area contributed by atoms with E-state index < -0.39 is 0 Å². The van der Waals surface area contributed by atoms with Gasteiger partial charge in [-0.15, -0.1) is 0 Å². The molecule has 1 N–H and O–H groups in total. The van der Waals surface area contributed by atoms with Crippen molar-refractivity contribution in [2.24, 2.45) is 7.05 Å². The molecule has 0 saturated carbocycles.